The molecule has 1 saturated heterocycles. The lowest BCUT2D eigenvalue weighted by Crippen LogP contribution is -2.45. The summed E-state index contributed by atoms with van der Waals surface area (Å²) in [6.07, 6.45) is 4.27. The van der Waals surface area contributed by atoms with Crippen molar-refractivity contribution in [3.8, 4) is 0 Å². The molecule has 7 heteroatoms. The molecule has 1 heterocycles. The summed E-state index contributed by atoms with van der Waals surface area (Å²) in [5.41, 5.74) is 0. The number of aliphatic carboxylic acids is 1. The van der Waals surface area contributed by atoms with Gasteiger partial charge in [0.1, 0.15) is 5.75 Å². The first-order valence-corrected chi connectivity index (χ1v) is 8.84. The number of rotatable bonds is 4. The molecule has 0 aromatic carbocycles. The van der Waals surface area contributed by atoms with Crippen LogP contribution in [0.15, 0.2) is 0 Å². The predicted molar refractivity (Wildman–Crippen MR) is 73.0 cm³/mol. The van der Waals surface area contributed by atoms with E-state index < -0.39 is 33.4 Å². The monoisotopic (exact) mass is 303 g/mol. The van der Waals surface area contributed by atoms with Gasteiger partial charge in [0.05, 0.1) is 11.2 Å². The number of nitrogens with zero attached hydrogens (tertiary/aromatic N) is 1. The van der Waals surface area contributed by atoms with E-state index in [0.717, 1.165) is 12.8 Å². The van der Waals surface area contributed by atoms with Crippen molar-refractivity contribution < 1.29 is 23.1 Å². The van der Waals surface area contributed by atoms with Crippen LogP contribution in [0.1, 0.15) is 38.5 Å². The van der Waals surface area contributed by atoms with Crippen molar-refractivity contribution in [3.05, 3.63) is 0 Å². The molecule has 114 valence electrons. The molecule has 20 heavy (non-hydrogen) atoms. The Morgan fingerprint density at radius 1 is 1.10 bits per heavy atom. The Morgan fingerprint density at radius 3 is 2.35 bits per heavy atom. The molecule has 2 rings (SSSR count). The lowest BCUT2D eigenvalue weighted by molar-refractivity contribution is -0.145. The van der Waals surface area contributed by atoms with Crippen molar-refractivity contribution in [3.63, 3.8) is 0 Å². The number of hydrogen-bond acceptors (Lipinski definition) is 4. The summed E-state index contributed by atoms with van der Waals surface area (Å²) in [5, 5.41) is 8.60. The van der Waals surface area contributed by atoms with Gasteiger partial charge < -0.3 is 10.0 Å². The van der Waals surface area contributed by atoms with Gasteiger partial charge in [0, 0.05) is 13.1 Å². The average molecular weight is 303 g/mol. The number of hydrogen-bond donors (Lipinski definition) is 1. The fraction of sp³-hybridized carbons (Fsp3) is 0.846. The Balaban J connectivity index is 1.95. The Labute approximate surface area is 119 Å². The van der Waals surface area contributed by atoms with E-state index in [1.807, 2.05) is 0 Å². The summed E-state index contributed by atoms with van der Waals surface area (Å²) in [6, 6.07) is 0. The standard InChI is InChI=1S/C13H21NO5S/c15-12(9-20(18,19)11-5-1-2-6-11)14-7-3-4-10(8-14)13(16)17/h10-11H,1-9H2,(H,16,17). The van der Waals surface area contributed by atoms with Crippen molar-refractivity contribution in [1.29, 1.82) is 0 Å². The maximum atomic E-state index is 12.1. The molecular weight excluding hydrogens is 282 g/mol. The highest BCUT2D eigenvalue weighted by Gasteiger charge is 2.34. The van der Waals surface area contributed by atoms with E-state index in [1.54, 1.807) is 0 Å². The predicted octanol–water partition coefficient (Wildman–Crippen LogP) is 0.667. The van der Waals surface area contributed by atoms with Crippen LogP contribution in [0.4, 0.5) is 0 Å². The Kier molecular flexibility index (Phi) is 4.67. The summed E-state index contributed by atoms with van der Waals surface area (Å²) in [4.78, 5) is 24.5. The second-order valence-corrected chi connectivity index (χ2v) is 8.01. The molecular formula is C13H21NO5S. The fourth-order valence-corrected chi connectivity index (χ4v) is 4.85. The van der Waals surface area contributed by atoms with Crippen molar-refractivity contribution in [2.75, 3.05) is 18.8 Å². The van der Waals surface area contributed by atoms with Crippen molar-refractivity contribution in [1.82, 2.24) is 4.90 Å². The van der Waals surface area contributed by atoms with Crippen molar-refractivity contribution in [2.45, 2.75) is 43.8 Å². The molecule has 0 spiro atoms. The highest BCUT2D eigenvalue weighted by molar-refractivity contribution is 7.92. The third kappa shape index (κ3) is 3.50. The first kappa shape index (κ1) is 15.3. The van der Waals surface area contributed by atoms with Crippen LogP contribution in [0.25, 0.3) is 0 Å². The molecule has 1 saturated carbocycles. The first-order chi connectivity index (χ1) is 9.40. The summed E-state index contributed by atoms with van der Waals surface area (Å²) >= 11 is 0. The Bertz CT molecular complexity index is 481. The zero-order valence-corrected chi connectivity index (χ0v) is 12.3. The molecule has 6 nitrogen and oxygen atoms in total. The topological polar surface area (TPSA) is 91.8 Å². The molecule has 1 amide bonds. The quantitative estimate of drug-likeness (QED) is 0.824. The molecule has 0 aromatic heterocycles. The second-order valence-electron chi connectivity index (χ2n) is 5.73. The number of sulfone groups is 1. The number of piperidine rings is 1. The molecule has 0 bridgehead atoms. The van der Waals surface area contributed by atoms with Crippen LogP contribution in [-0.4, -0.2) is 54.4 Å². The number of carboxylic acid groups (broad SMARTS) is 1. The van der Waals surface area contributed by atoms with Crippen LogP contribution in [0.2, 0.25) is 0 Å². The van der Waals surface area contributed by atoms with Crippen LogP contribution in [0, 0.1) is 5.92 Å². The van der Waals surface area contributed by atoms with E-state index >= 15 is 0 Å². The van der Waals surface area contributed by atoms with E-state index in [9.17, 15) is 18.0 Å². The highest BCUT2D eigenvalue weighted by atomic mass is 32.2. The Morgan fingerprint density at radius 2 is 1.75 bits per heavy atom. The van der Waals surface area contributed by atoms with Crippen LogP contribution in [-0.2, 0) is 19.4 Å². The van der Waals surface area contributed by atoms with Gasteiger partial charge in [0.15, 0.2) is 9.84 Å². The highest BCUT2D eigenvalue weighted by Crippen LogP contribution is 2.26. The van der Waals surface area contributed by atoms with Gasteiger partial charge in [0.2, 0.25) is 5.91 Å². The third-order valence-corrected chi connectivity index (χ3v) is 6.39. The van der Waals surface area contributed by atoms with Gasteiger partial charge >= 0.3 is 5.97 Å². The number of carbonyl (C=O) groups is 2. The lowest BCUT2D eigenvalue weighted by Gasteiger charge is -2.31. The largest absolute Gasteiger partial charge is 0.481 e. The maximum Gasteiger partial charge on any atom is 0.308 e. The second kappa shape index (κ2) is 6.11. The summed E-state index contributed by atoms with van der Waals surface area (Å²) < 4.78 is 24.3. The van der Waals surface area contributed by atoms with Gasteiger partial charge in [0.25, 0.3) is 0 Å². The minimum Gasteiger partial charge on any atom is -0.481 e. The zero-order valence-electron chi connectivity index (χ0n) is 11.5. The van der Waals surface area contributed by atoms with E-state index in [-0.39, 0.29) is 11.8 Å². The van der Waals surface area contributed by atoms with Gasteiger partial charge in [-0.1, -0.05) is 12.8 Å². The Hall–Kier alpha value is -1.11. The molecule has 0 aromatic rings. The van der Waals surface area contributed by atoms with Crippen LogP contribution in [0.5, 0.6) is 0 Å². The van der Waals surface area contributed by atoms with E-state index in [2.05, 4.69) is 0 Å². The van der Waals surface area contributed by atoms with Gasteiger partial charge in [-0.25, -0.2) is 8.42 Å². The van der Waals surface area contributed by atoms with E-state index in [4.69, 9.17) is 5.11 Å². The minimum atomic E-state index is -3.38. The number of amides is 1. The lowest BCUT2D eigenvalue weighted by atomic mass is 9.98. The van der Waals surface area contributed by atoms with E-state index in [1.165, 1.54) is 4.90 Å². The smallest absolute Gasteiger partial charge is 0.308 e. The number of likely N-dealkylation sites (tertiary alicyclic amines) is 1. The van der Waals surface area contributed by atoms with Crippen molar-refractivity contribution in [2.24, 2.45) is 5.92 Å². The fourth-order valence-electron chi connectivity index (χ4n) is 3.03. The molecule has 2 fully saturated rings. The molecule has 2 aliphatic rings. The van der Waals surface area contributed by atoms with Gasteiger partial charge in [-0.2, -0.15) is 0 Å². The zero-order chi connectivity index (χ0) is 14.8. The molecule has 1 unspecified atom stereocenters. The number of carboxylic acids is 1. The summed E-state index contributed by atoms with van der Waals surface area (Å²) in [7, 11) is -3.38. The minimum absolute atomic E-state index is 0.133. The van der Waals surface area contributed by atoms with Crippen LogP contribution in [0.3, 0.4) is 0 Å². The number of carbonyl (C=O) groups excluding carboxylic acids is 1. The van der Waals surface area contributed by atoms with Gasteiger partial charge in [-0.3, -0.25) is 9.59 Å². The van der Waals surface area contributed by atoms with Crippen LogP contribution < -0.4 is 0 Å². The molecule has 1 aliphatic heterocycles. The third-order valence-electron chi connectivity index (χ3n) is 4.26. The van der Waals surface area contributed by atoms with Gasteiger partial charge in [-0.05, 0) is 25.7 Å². The summed E-state index contributed by atoms with van der Waals surface area (Å²) in [6.45, 7) is 0.594. The SMILES string of the molecule is O=C(O)C1CCCN(C(=O)CS(=O)(=O)C2CCCC2)C1. The van der Waals surface area contributed by atoms with Gasteiger partial charge in [-0.15, -0.1) is 0 Å². The average Bonchev–Trinajstić information content (AvgIpc) is 2.93. The molecule has 1 aliphatic carbocycles. The first-order valence-electron chi connectivity index (χ1n) is 7.12. The van der Waals surface area contributed by atoms with Crippen LogP contribution >= 0.6 is 0 Å². The molecule has 0 radical (unpaired) electrons. The summed E-state index contributed by atoms with van der Waals surface area (Å²) in [5.74, 6) is -2.39. The molecule has 1 atom stereocenters. The van der Waals surface area contributed by atoms with E-state index in [0.29, 0.717) is 32.2 Å². The van der Waals surface area contributed by atoms with Crippen molar-refractivity contribution >= 4 is 21.7 Å². The normalized spacial score (nSPS) is 24.8. The molecule has 1 N–H and O–H groups in total. The maximum absolute atomic E-state index is 12.1.